The number of pyridine rings is 1. The summed E-state index contributed by atoms with van der Waals surface area (Å²) in [5.41, 5.74) is 7.40. The number of hydrogen-bond donors (Lipinski definition) is 2. The van der Waals surface area contributed by atoms with Gasteiger partial charge < -0.3 is 15.6 Å². The van der Waals surface area contributed by atoms with Gasteiger partial charge in [-0.2, -0.15) is 0 Å². The van der Waals surface area contributed by atoms with E-state index in [9.17, 15) is 0 Å². The van der Waals surface area contributed by atoms with Gasteiger partial charge in [0.15, 0.2) is 0 Å². The number of nitrogens with zero attached hydrogens (tertiary/aromatic N) is 1. The summed E-state index contributed by atoms with van der Waals surface area (Å²) < 4.78 is 5.70. The normalized spacial score (nSPS) is 10.3. The Morgan fingerprint density at radius 2 is 1.89 bits per heavy atom. The average Bonchev–Trinajstić information content (AvgIpc) is 2.42. The molecule has 4 heteroatoms. The van der Waals surface area contributed by atoms with Gasteiger partial charge >= 0.3 is 0 Å². The van der Waals surface area contributed by atoms with E-state index in [0.717, 1.165) is 22.8 Å². The molecule has 2 aromatic rings. The Bertz CT molecular complexity index is 497. The maximum absolute atomic E-state index is 8.83. The number of hydrogen-bond acceptors (Lipinski definition) is 4. The maximum Gasteiger partial charge on any atom is 0.130 e. The van der Waals surface area contributed by atoms with Crippen molar-refractivity contribution >= 4 is 0 Å². The molecule has 0 saturated carbocycles. The summed E-state index contributed by atoms with van der Waals surface area (Å²) in [4.78, 5) is 4.11. The van der Waals surface area contributed by atoms with Gasteiger partial charge in [0.1, 0.15) is 11.5 Å². The van der Waals surface area contributed by atoms with Crippen molar-refractivity contribution in [1.82, 2.24) is 4.98 Å². The third-order valence-corrected chi connectivity index (χ3v) is 2.56. The Labute approximate surface area is 106 Å². The molecule has 0 atom stereocenters. The summed E-state index contributed by atoms with van der Waals surface area (Å²) in [7, 11) is 0. The first-order valence-corrected chi connectivity index (χ1v) is 5.84. The van der Waals surface area contributed by atoms with Crippen molar-refractivity contribution in [3.8, 4) is 11.5 Å². The van der Waals surface area contributed by atoms with Crippen LogP contribution in [0.5, 0.6) is 11.5 Å². The fraction of sp³-hybridized carbons (Fsp3) is 0.214. The molecule has 1 aromatic heterocycles. The SMILES string of the molecule is NCc1cc(Oc2ccc(CCO)cc2)ccn1. The molecule has 0 spiro atoms. The molecule has 94 valence electrons. The van der Waals surface area contributed by atoms with Crippen LogP contribution >= 0.6 is 0 Å². The van der Waals surface area contributed by atoms with E-state index in [-0.39, 0.29) is 6.61 Å². The molecule has 18 heavy (non-hydrogen) atoms. The van der Waals surface area contributed by atoms with Crippen LogP contribution in [0.4, 0.5) is 0 Å². The molecule has 1 aromatic carbocycles. The maximum atomic E-state index is 8.83. The third-order valence-electron chi connectivity index (χ3n) is 2.56. The van der Waals surface area contributed by atoms with Crippen LogP contribution in [0.1, 0.15) is 11.3 Å². The molecule has 0 amide bonds. The van der Waals surface area contributed by atoms with Crippen LogP contribution in [0.25, 0.3) is 0 Å². The summed E-state index contributed by atoms with van der Waals surface area (Å²) in [6.45, 7) is 0.553. The lowest BCUT2D eigenvalue weighted by atomic mass is 10.1. The summed E-state index contributed by atoms with van der Waals surface area (Å²) in [5, 5.41) is 8.83. The molecule has 3 N–H and O–H groups in total. The van der Waals surface area contributed by atoms with Gasteiger partial charge in [0.05, 0.1) is 5.69 Å². The molecule has 2 rings (SSSR count). The van der Waals surface area contributed by atoms with E-state index in [0.29, 0.717) is 13.0 Å². The van der Waals surface area contributed by atoms with Crippen molar-refractivity contribution in [2.24, 2.45) is 5.73 Å². The van der Waals surface area contributed by atoms with Gasteiger partial charge in [0.2, 0.25) is 0 Å². The Balaban J connectivity index is 2.08. The molecule has 0 aliphatic carbocycles. The fourth-order valence-corrected chi connectivity index (χ4v) is 1.62. The first kappa shape index (κ1) is 12.5. The number of aliphatic hydroxyl groups is 1. The van der Waals surface area contributed by atoms with Crippen LogP contribution in [-0.4, -0.2) is 16.7 Å². The van der Waals surface area contributed by atoms with Crippen LogP contribution in [0.2, 0.25) is 0 Å². The minimum Gasteiger partial charge on any atom is -0.457 e. The van der Waals surface area contributed by atoms with Crippen LogP contribution < -0.4 is 10.5 Å². The van der Waals surface area contributed by atoms with Gasteiger partial charge in [-0.05, 0) is 30.2 Å². The second kappa shape index (κ2) is 6.14. The Morgan fingerprint density at radius 1 is 1.11 bits per heavy atom. The van der Waals surface area contributed by atoms with Crippen LogP contribution in [0, 0.1) is 0 Å². The quantitative estimate of drug-likeness (QED) is 0.842. The number of ether oxygens (including phenoxy) is 1. The Hall–Kier alpha value is -1.91. The second-order valence-electron chi connectivity index (χ2n) is 3.91. The molecule has 1 heterocycles. The van der Waals surface area contributed by atoms with Crippen molar-refractivity contribution in [2.75, 3.05) is 6.61 Å². The van der Waals surface area contributed by atoms with Gasteiger partial charge in [-0.25, -0.2) is 0 Å². The predicted molar refractivity (Wildman–Crippen MR) is 69.4 cm³/mol. The summed E-state index contributed by atoms with van der Waals surface area (Å²) in [6, 6.07) is 11.3. The van der Waals surface area contributed by atoms with E-state index in [1.165, 1.54) is 0 Å². The zero-order valence-corrected chi connectivity index (χ0v) is 10.0. The topological polar surface area (TPSA) is 68.4 Å². The molecule has 0 unspecified atom stereocenters. The number of aromatic nitrogens is 1. The fourth-order valence-electron chi connectivity index (χ4n) is 1.62. The molecule has 0 fully saturated rings. The first-order chi connectivity index (χ1) is 8.81. The number of aliphatic hydroxyl groups excluding tert-OH is 1. The lowest BCUT2D eigenvalue weighted by molar-refractivity contribution is 0.299. The van der Waals surface area contributed by atoms with Crippen LogP contribution in [0.15, 0.2) is 42.6 Å². The van der Waals surface area contributed by atoms with E-state index in [4.69, 9.17) is 15.6 Å². The highest BCUT2D eigenvalue weighted by atomic mass is 16.5. The molecule has 0 saturated heterocycles. The highest BCUT2D eigenvalue weighted by molar-refractivity contribution is 5.33. The minimum atomic E-state index is 0.157. The van der Waals surface area contributed by atoms with Crippen LogP contribution in [0.3, 0.4) is 0 Å². The highest BCUT2D eigenvalue weighted by Gasteiger charge is 1.99. The monoisotopic (exact) mass is 244 g/mol. The van der Waals surface area contributed by atoms with E-state index < -0.39 is 0 Å². The van der Waals surface area contributed by atoms with Crippen molar-refractivity contribution < 1.29 is 9.84 Å². The van der Waals surface area contributed by atoms with Gasteiger partial charge in [0.25, 0.3) is 0 Å². The van der Waals surface area contributed by atoms with Crippen molar-refractivity contribution in [3.05, 3.63) is 53.9 Å². The van der Waals surface area contributed by atoms with Gasteiger partial charge in [-0.15, -0.1) is 0 Å². The summed E-state index contributed by atoms with van der Waals surface area (Å²) >= 11 is 0. The zero-order valence-electron chi connectivity index (χ0n) is 10.0. The van der Waals surface area contributed by atoms with Gasteiger partial charge in [-0.3, -0.25) is 4.98 Å². The van der Waals surface area contributed by atoms with E-state index in [2.05, 4.69) is 4.98 Å². The third kappa shape index (κ3) is 3.29. The molecule has 4 nitrogen and oxygen atoms in total. The molecule has 0 aliphatic rings. The summed E-state index contributed by atoms with van der Waals surface area (Å²) in [6.07, 6.45) is 2.34. The first-order valence-electron chi connectivity index (χ1n) is 5.84. The lowest BCUT2D eigenvalue weighted by Crippen LogP contribution is -1.99. The number of nitrogens with two attached hydrogens (primary N) is 1. The highest BCUT2D eigenvalue weighted by Crippen LogP contribution is 2.21. The van der Waals surface area contributed by atoms with E-state index in [1.807, 2.05) is 30.3 Å². The van der Waals surface area contributed by atoms with Crippen molar-refractivity contribution in [1.29, 1.82) is 0 Å². The largest absolute Gasteiger partial charge is 0.457 e. The molecular weight excluding hydrogens is 228 g/mol. The van der Waals surface area contributed by atoms with Gasteiger partial charge in [-0.1, -0.05) is 12.1 Å². The van der Waals surface area contributed by atoms with Gasteiger partial charge in [0, 0.05) is 25.4 Å². The smallest absolute Gasteiger partial charge is 0.130 e. The van der Waals surface area contributed by atoms with E-state index in [1.54, 1.807) is 12.3 Å². The van der Waals surface area contributed by atoms with Crippen molar-refractivity contribution in [3.63, 3.8) is 0 Å². The predicted octanol–water partition coefficient (Wildman–Crippen LogP) is 1.87. The van der Waals surface area contributed by atoms with E-state index >= 15 is 0 Å². The number of benzene rings is 1. The summed E-state index contributed by atoms with van der Waals surface area (Å²) in [5.74, 6) is 1.48. The molecular formula is C14H16N2O2. The lowest BCUT2D eigenvalue weighted by Gasteiger charge is -2.07. The molecule has 0 radical (unpaired) electrons. The number of rotatable bonds is 5. The van der Waals surface area contributed by atoms with Crippen LogP contribution in [-0.2, 0) is 13.0 Å². The zero-order chi connectivity index (χ0) is 12.8. The standard InChI is InChI=1S/C14H16N2O2/c15-10-12-9-14(5-7-16-12)18-13-3-1-11(2-4-13)6-8-17/h1-5,7,9,17H,6,8,10,15H2. The Morgan fingerprint density at radius 3 is 2.56 bits per heavy atom. The molecule has 0 aliphatic heterocycles. The average molecular weight is 244 g/mol. The second-order valence-corrected chi connectivity index (χ2v) is 3.91. The Kier molecular flexibility index (Phi) is 4.28. The minimum absolute atomic E-state index is 0.157. The molecule has 0 bridgehead atoms. The van der Waals surface area contributed by atoms with Crippen molar-refractivity contribution in [2.45, 2.75) is 13.0 Å².